The number of aromatic nitrogens is 2. The van der Waals surface area contributed by atoms with Gasteiger partial charge in [0.05, 0.1) is 17.4 Å². The molecule has 0 bridgehead atoms. The third-order valence-electron chi connectivity index (χ3n) is 3.89. The van der Waals surface area contributed by atoms with Crippen molar-refractivity contribution in [3.63, 3.8) is 0 Å². The van der Waals surface area contributed by atoms with Crippen molar-refractivity contribution in [2.45, 2.75) is 32.4 Å². The normalized spacial score (nSPS) is 10.7. The first-order valence-corrected chi connectivity index (χ1v) is 9.80. The molecule has 0 amide bonds. The number of ether oxygens (including phenoxy) is 1. The molecule has 26 heavy (non-hydrogen) atoms. The first-order valence-electron chi connectivity index (χ1n) is 7.99. The fourth-order valence-corrected chi connectivity index (χ4v) is 4.55. The monoisotopic (exact) mass is 383 g/mol. The summed E-state index contributed by atoms with van der Waals surface area (Å²) in [7, 11) is 0. The number of esters is 1. The lowest BCUT2D eigenvalue weighted by atomic mass is 10.1. The SMILES string of the molecule is Cc1nc(SCC(=O)OCc2cccc(C#N)c2)c2c(C)c(C)sc2n1. The summed E-state index contributed by atoms with van der Waals surface area (Å²) in [5.41, 5.74) is 2.51. The van der Waals surface area contributed by atoms with Crippen LogP contribution in [0.25, 0.3) is 10.2 Å². The number of rotatable bonds is 5. The topological polar surface area (TPSA) is 75.9 Å². The van der Waals surface area contributed by atoms with Crippen LogP contribution < -0.4 is 0 Å². The van der Waals surface area contributed by atoms with Crippen LogP contribution in [0, 0.1) is 32.1 Å². The molecular formula is C19H17N3O2S2. The highest BCUT2D eigenvalue weighted by Gasteiger charge is 2.15. The van der Waals surface area contributed by atoms with E-state index in [0.29, 0.717) is 11.4 Å². The second-order valence-electron chi connectivity index (χ2n) is 5.80. The fourth-order valence-electron chi connectivity index (χ4n) is 2.48. The van der Waals surface area contributed by atoms with Crippen LogP contribution in [-0.4, -0.2) is 21.7 Å². The van der Waals surface area contributed by atoms with Crippen LogP contribution in [0.2, 0.25) is 0 Å². The summed E-state index contributed by atoms with van der Waals surface area (Å²) < 4.78 is 5.32. The Labute approximate surface area is 160 Å². The molecule has 0 atom stereocenters. The Morgan fingerprint density at radius 3 is 2.88 bits per heavy atom. The van der Waals surface area contributed by atoms with Crippen molar-refractivity contribution in [2.75, 3.05) is 5.75 Å². The number of nitriles is 1. The van der Waals surface area contributed by atoms with Gasteiger partial charge in [-0.05, 0) is 44.0 Å². The predicted molar refractivity (Wildman–Crippen MR) is 103 cm³/mol. The second kappa shape index (κ2) is 7.85. The van der Waals surface area contributed by atoms with Crippen molar-refractivity contribution >= 4 is 39.3 Å². The molecule has 0 aliphatic rings. The molecule has 2 aromatic heterocycles. The number of fused-ring (bicyclic) bond motifs is 1. The van der Waals surface area contributed by atoms with Crippen LogP contribution in [-0.2, 0) is 16.1 Å². The van der Waals surface area contributed by atoms with E-state index < -0.39 is 0 Å². The molecule has 0 saturated carbocycles. The molecule has 0 unspecified atom stereocenters. The van der Waals surface area contributed by atoms with Crippen molar-refractivity contribution in [1.29, 1.82) is 5.26 Å². The molecule has 5 nitrogen and oxygen atoms in total. The van der Waals surface area contributed by atoms with Gasteiger partial charge in [-0.15, -0.1) is 11.3 Å². The lowest BCUT2D eigenvalue weighted by Crippen LogP contribution is -2.08. The zero-order valence-corrected chi connectivity index (χ0v) is 16.3. The van der Waals surface area contributed by atoms with Crippen molar-refractivity contribution in [2.24, 2.45) is 0 Å². The summed E-state index contributed by atoms with van der Waals surface area (Å²) >= 11 is 3.02. The van der Waals surface area contributed by atoms with E-state index in [4.69, 9.17) is 10.00 Å². The van der Waals surface area contributed by atoms with Crippen LogP contribution in [0.3, 0.4) is 0 Å². The highest BCUT2D eigenvalue weighted by atomic mass is 32.2. The number of thioether (sulfide) groups is 1. The second-order valence-corrected chi connectivity index (χ2v) is 7.97. The zero-order chi connectivity index (χ0) is 18.7. The number of carbonyl (C=O) groups is 1. The number of aryl methyl sites for hydroxylation is 3. The summed E-state index contributed by atoms with van der Waals surface area (Å²) in [6.07, 6.45) is 0. The lowest BCUT2D eigenvalue weighted by molar-refractivity contribution is -0.141. The van der Waals surface area contributed by atoms with E-state index in [9.17, 15) is 4.79 Å². The molecule has 0 saturated heterocycles. The Balaban J connectivity index is 1.66. The van der Waals surface area contributed by atoms with E-state index in [2.05, 4.69) is 29.9 Å². The quantitative estimate of drug-likeness (QED) is 0.371. The average Bonchev–Trinajstić information content (AvgIpc) is 2.91. The summed E-state index contributed by atoms with van der Waals surface area (Å²) in [5, 5.41) is 10.8. The van der Waals surface area contributed by atoms with E-state index in [-0.39, 0.29) is 18.3 Å². The molecule has 0 aliphatic heterocycles. The number of benzene rings is 1. The van der Waals surface area contributed by atoms with E-state index in [0.717, 1.165) is 26.4 Å². The van der Waals surface area contributed by atoms with Crippen LogP contribution in [0.5, 0.6) is 0 Å². The fraction of sp³-hybridized carbons (Fsp3) is 0.263. The van der Waals surface area contributed by atoms with E-state index in [1.165, 1.54) is 16.6 Å². The predicted octanol–water partition coefficient (Wildman–Crippen LogP) is 4.32. The van der Waals surface area contributed by atoms with Gasteiger partial charge in [0.2, 0.25) is 0 Å². The molecule has 0 fully saturated rings. The van der Waals surface area contributed by atoms with Crippen LogP contribution in [0.4, 0.5) is 0 Å². The molecule has 2 heterocycles. The number of hydrogen-bond donors (Lipinski definition) is 0. The Hall–Kier alpha value is -2.43. The van der Waals surface area contributed by atoms with Gasteiger partial charge < -0.3 is 4.74 Å². The molecule has 7 heteroatoms. The Morgan fingerprint density at radius 1 is 1.31 bits per heavy atom. The largest absolute Gasteiger partial charge is 0.460 e. The van der Waals surface area contributed by atoms with Crippen molar-refractivity contribution < 1.29 is 9.53 Å². The maximum absolute atomic E-state index is 12.1. The molecular weight excluding hydrogens is 366 g/mol. The van der Waals surface area contributed by atoms with E-state index in [1.54, 1.807) is 29.5 Å². The molecule has 1 aromatic carbocycles. The summed E-state index contributed by atoms with van der Waals surface area (Å²) in [5.74, 6) is 0.562. The third kappa shape index (κ3) is 4.03. The Morgan fingerprint density at radius 2 is 2.12 bits per heavy atom. The van der Waals surface area contributed by atoms with Gasteiger partial charge in [-0.3, -0.25) is 4.79 Å². The van der Waals surface area contributed by atoms with Crippen molar-refractivity contribution in [3.05, 3.63) is 51.7 Å². The van der Waals surface area contributed by atoms with Gasteiger partial charge in [0.1, 0.15) is 22.3 Å². The standard InChI is InChI=1S/C19H17N3O2S2/c1-11-12(2)26-19-17(11)18(21-13(3)22-19)25-10-16(23)24-9-15-6-4-5-14(7-15)8-20/h4-7H,9-10H2,1-3H3. The minimum atomic E-state index is -0.314. The molecule has 3 aromatic rings. The van der Waals surface area contributed by atoms with Gasteiger partial charge in [-0.25, -0.2) is 9.97 Å². The van der Waals surface area contributed by atoms with Crippen molar-refractivity contribution in [1.82, 2.24) is 9.97 Å². The van der Waals surface area contributed by atoms with E-state index in [1.807, 2.05) is 13.0 Å². The summed E-state index contributed by atoms with van der Waals surface area (Å²) in [6, 6.07) is 9.11. The maximum Gasteiger partial charge on any atom is 0.316 e. The minimum absolute atomic E-state index is 0.156. The molecule has 3 rings (SSSR count). The molecule has 0 aliphatic carbocycles. The van der Waals surface area contributed by atoms with Gasteiger partial charge in [0, 0.05) is 10.3 Å². The van der Waals surface area contributed by atoms with Crippen molar-refractivity contribution in [3.8, 4) is 6.07 Å². The third-order valence-corrected chi connectivity index (χ3v) is 5.94. The molecule has 0 spiro atoms. The number of carbonyl (C=O) groups excluding carboxylic acids is 1. The van der Waals surface area contributed by atoms with Crippen LogP contribution >= 0.6 is 23.1 Å². The maximum atomic E-state index is 12.1. The first-order chi connectivity index (χ1) is 12.5. The van der Waals surface area contributed by atoms with Gasteiger partial charge in [-0.1, -0.05) is 23.9 Å². The number of hydrogen-bond acceptors (Lipinski definition) is 7. The Bertz CT molecular complexity index is 1020. The highest BCUT2D eigenvalue weighted by molar-refractivity contribution is 8.00. The van der Waals surface area contributed by atoms with Gasteiger partial charge in [-0.2, -0.15) is 5.26 Å². The van der Waals surface area contributed by atoms with Crippen LogP contribution in [0.1, 0.15) is 27.4 Å². The van der Waals surface area contributed by atoms with E-state index >= 15 is 0 Å². The van der Waals surface area contributed by atoms with Gasteiger partial charge >= 0.3 is 5.97 Å². The molecule has 132 valence electrons. The Kier molecular flexibility index (Phi) is 5.55. The summed E-state index contributed by atoms with van der Waals surface area (Å²) in [6.45, 7) is 6.13. The minimum Gasteiger partial charge on any atom is -0.460 e. The first kappa shape index (κ1) is 18.4. The number of nitrogens with zero attached hydrogens (tertiary/aromatic N) is 3. The van der Waals surface area contributed by atoms with Crippen LogP contribution in [0.15, 0.2) is 29.3 Å². The molecule has 0 radical (unpaired) electrons. The van der Waals surface area contributed by atoms with Gasteiger partial charge in [0.25, 0.3) is 0 Å². The summed E-state index contributed by atoms with van der Waals surface area (Å²) in [4.78, 5) is 23.3. The zero-order valence-electron chi connectivity index (χ0n) is 14.7. The smallest absolute Gasteiger partial charge is 0.316 e. The lowest BCUT2D eigenvalue weighted by Gasteiger charge is -2.07. The highest BCUT2D eigenvalue weighted by Crippen LogP contribution is 2.35. The van der Waals surface area contributed by atoms with Gasteiger partial charge in [0.15, 0.2) is 0 Å². The number of thiophene rings is 1. The average molecular weight is 383 g/mol. The molecule has 0 N–H and O–H groups in total.